The van der Waals surface area contributed by atoms with Gasteiger partial charge in [0.25, 0.3) is 0 Å². The van der Waals surface area contributed by atoms with Crippen molar-refractivity contribution in [2.75, 3.05) is 0 Å². The molecule has 0 bridgehead atoms. The van der Waals surface area contributed by atoms with Crippen molar-refractivity contribution in [2.24, 2.45) is 11.8 Å². The van der Waals surface area contributed by atoms with E-state index < -0.39 is 0 Å². The summed E-state index contributed by atoms with van der Waals surface area (Å²) >= 11 is 6.96. The molecule has 1 saturated carbocycles. The molecule has 0 aliphatic heterocycles. The highest BCUT2D eigenvalue weighted by Crippen LogP contribution is 2.29. The van der Waals surface area contributed by atoms with Crippen LogP contribution in [0.4, 0.5) is 0 Å². The van der Waals surface area contributed by atoms with Crippen LogP contribution in [-0.4, -0.2) is 22.0 Å². The van der Waals surface area contributed by atoms with Crippen LogP contribution in [0.2, 0.25) is 0 Å². The lowest BCUT2D eigenvalue weighted by molar-refractivity contribution is -0.121. The summed E-state index contributed by atoms with van der Waals surface area (Å²) in [5, 5.41) is 4.81. The van der Waals surface area contributed by atoms with Gasteiger partial charge in [-0.25, -0.2) is 4.98 Å². The molecule has 0 spiro atoms. The number of carbonyl (C=O) groups is 1. The molecule has 3 N–H and O–H groups in total. The van der Waals surface area contributed by atoms with E-state index in [1.807, 2.05) is 18.2 Å². The van der Waals surface area contributed by atoms with Crippen LogP contribution in [0.25, 0.3) is 10.2 Å². The number of hydrogen-bond donors (Lipinski definition) is 3. The minimum absolute atomic E-state index is 0.0848. The van der Waals surface area contributed by atoms with E-state index in [1.165, 1.54) is 12.8 Å². The van der Waals surface area contributed by atoms with E-state index in [4.69, 9.17) is 12.2 Å². The fourth-order valence-corrected chi connectivity index (χ4v) is 4.60. The molecular weight excluding hydrogens is 364 g/mol. The maximum atomic E-state index is 12.1. The predicted molar refractivity (Wildman–Crippen MR) is 111 cm³/mol. The van der Waals surface area contributed by atoms with Gasteiger partial charge in [0.1, 0.15) is 0 Å². The predicted octanol–water partition coefficient (Wildman–Crippen LogP) is 3.55. The number of carbonyl (C=O) groups excluding carboxylic acids is 1. The number of hydrogen-bond acceptors (Lipinski definition) is 4. The first-order chi connectivity index (χ1) is 12.5. The molecule has 2 aromatic rings. The lowest BCUT2D eigenvalue weighted by Crippen LogP contribution is -2.52. The third-order valence-corrected chi connectivity index (χ3v) is 6.56. The molecule has 0 unspecified atom stereocenters. The molecule has 0 saturated heterocycles. The normalized spacial score (nSPS) is 22.8. The zero-order chi connectivity index (χ0) is 18.5. The quantitative estimate of drug-likeness (QED) is 0.550. The van der Waals surface area contributed by atoms with Gasteiger partial charge in [0, 0.05) is 18.9 Å². The van der Waals surface area contributed by atoms with Gasteiger partial charge in [-0.05, 0) is 42.6 Å². The van der Waals surface area contributed by atoms with Gasteiger partial charge < -0.3 is 5.32 Å². The summed E-state index contributed by atoms with van der Waals surface area (Å²) < 4.78 is 1.15. The summed E-state index contributed by atoms with van der Waals surface area (Å²) in [5.41, 5.74) is 6.51. The standard InChI is InChI=1S/C19H26N4OS2/c1-12-6-5-8-14(13(12)2)21-19(25)23-22-17(24)10-11-18-20-15-7-3-4-9-16(15)26-18/h3-4,7,9,12-14H,5-6,8,10-11H2,1-2H3,(H,22,24)(H2,21,23,25)/t12-,13-,14+/m1/s1. The van der Waals surface area contributed by atoms with Gasteiger partial charge in [-0.3, -0.25) is 15.6 Å². The van der Waals surface area contributed by atoms with E-state index in [2.05, 4.69) is 41.1 Å². The SMILES string of the molecule is C[C@@H]1[C@H](C)CCC[C@@H]1NC(=S)NNC(=O)CCc1nc2ccccc2s1. The zero-order valence-corrected chi connectivity index (χ0v) is 16.9. The van der Waals surface area contributed by atoms with Crippen molar-refractivity contribution in [3.8, 4) is 0 Å². The van der Waals surface area contributed by atoms with Gasteiger partial charge in [0.15, 0.2) is 5.11 Å². The minimum Gasteiger partial charge on any atom is -0.358 e. The largest absolute Gasteiger partial charge is 0.358 e. The Balaban J connectivity index is 1.40. The molecule has 0 radical (unpaired) electrons. The molecule has 3 rings (SSSR count). The summed E-state index contributed by atoms with van der Waals surface area (Å²) in [5.74, 6) is 1.20. The second-order valence-corrected chi connectivity index (χ2v) is 8.62. The number of thiazole rings is 1. The number of rotatable bonds is 4. The molecule has 140 valence electrons. The fraction of sp³-hybridized carbons (Fsp3) is 0.526. The molecule has 1 heterocycles. The highest BCUT2D eigenvalue weighted by atomic mass is 32.1. The van der Waals surface area contributed by atoms with Crippen LogP contribution >= 0.6 is 23.6 Å². The molecule has 1 aromatic carbocycles. The number of benzene rings is 1. The van der Waals surface area contributed by atoms with Crippen molar-refractivity contribution in [1.29, 1.82) is 0 Å². The van der Waals surface area contributed by atoms with Gasteiger partial charge >= 0.3 is 0 Å². The van der Waals surface area contributed by atoms with Gasteiger partial charge in [-0.15, -0.1) is 11.3 Å². The summed E-state index contributed by atoms with van der Waals surface area (Å²) in [6.45, 7) is 4.56. The molecule has 1 aromatic heterocycles. The van der Waals surface area contributed by atoms with E-state index in [-0.39, 0.29) is 5.91 Å². The van der Waals surface area contributed by atoms with E-state index in [0.717, 1.165) is 21.6 Å². The molecule has 1 amide bonds. The molecule has 1 fully saturated rings. The van der Waals surface area contributed by atoms with Crippen molar-refractivity contribution in [3.05, 3.63) is 29.3 Å². The van der Waals surface area contributed by atoms with Crippen molar-refractivity contribution < 1.29 is 4.79 Å². The Bertz CT molecular complexity index is 743. The highest BCUT2D eigenvalue weighted by Gasteiger charge is 2.27. The van der Waals surface area contributed by atoms with Crippen LogP contribution in [0.15, 0.2) is 24.3 Å². The third kappa shape index (κ3) is 4.92. The number of thiocarbonyl (C=S) groups is 1. The van der Waals surface area contributed by atoms with Gasteiger partial charge in [0.05, 0.1) is 15.2 Å². The Morgan fingerprint density at radius 1 is 1.27 bits per heavy atom. The number of hydrazine groups is 1. The summed E-state index contributed by atoms with van der Waals surface area (Å²) in [6.07, 6.45) is 4.64. The molecule has 7 heteroatoms. The first-order valence-electron chi connectivity index (χ1n) is 9.22. The molecule has 3 atom stereocenters. The Labute approximate surface area is 163 Å². The van der Waals surface area contributed by atoms with Crippen molar-refractivity contribution in [2.45, 2.75) is 52.0 Å². The number of aryl methyl sites for hydroxylation is 1. The first-order valence-corrected chi connectivity index (χ1v) is 10.4. The van der Waals surface area contributed by atoms with Crippen molar-refractivity contribution in [1.82, 2.24) is 21.2 Å². The number of nitrogens with zero attached hydrogens (tertiary/aromatic N) is 1. The lowest BCUT2D eigenvalue weighted by atomic mass is 9.78. The van der Waals surface area contributed by atoms with Gasteiger partial charge in [-0.1, -0.05) is 38.8 Å². The smallest absolute Gasteiger partial charge is 0.238 e. The van der Waals surface area contributed by atoms with E-state index >= 15 is 0 Å². The average Bonchev–Trinajstić information content (AvgIpc) is 3.05. The Hall–Kier alpha value is -1.73. The van der Waals surface area contributed by atoms with E-state index in [0.29, 0.717) is 35.8 Å². The average molecular weight is 391 g/mol. The van der Waals surface area contributed by atoms with E-state index in [1.54, 1.807) is 11.3 Å². The van der Waals surface area contributed by atoms with Crippen LogP contribution in [0.3, 0.4) is 0 Å². The van der Waals surface area contributed by atoms with Crippen molar-refractivity contribution in [3.63, 3.8) is 0 Å². The monoisotopic (exact) mass is 390 g/mol. The zero-order valence-electron chi connectivity index (χ0n) is 15.2. The third-order valence-electron chi connectivity index (χ3n) is 5.24. The minimum atomic E-state index is -0.0848. The van der Waals surface area contributed by atoms with Crippen LogP contribution in [0.1, 0.15) is 44.5 Å². The number of nitrogens with one attached hydrogen (secondary N) is 3. The number of para-hydroxylation sites is 1. The maximum absolute atomic E-state index is 12.1. The number of fused-ring (bicyclic) bond motifs is 1. The lowest BCUT2D eigenvalue weighted by Gasteiger charge is -2.35. The molecule has 5 nitrogen and oxygen atoms in total. The van der Waals surface area contributed by atoms with E-state index in [9.17, 15) is 4.79 Å². The summed E-state index contributed by atoms with van der Waals surface area (Å²) in [6, 6.07) is 8.40. The van der Waals surface area contributed by atoms with Crippen LogP contribution in [-0.2, 0) is 11.2 Å². The Morgan fingerprint density at radius 2 is 2.08 bits per heavy atom. The van der Waals surface area contributed by atoms with Gasteiger partial charge in [0.2, 0.25) is 5.91 Å². The first kappa shape index (κ1) is 19.0. The summed E-state index contributed by atoms with van der Waals surface area (Å²) in [4.78, 5) is 16.6. The van der Waals surface area contributed by atoms with Crippen LogP contribution in [0.5, 0.6) is 0 Å². The Kier molecular flexibility index (Phi) is 6.43. The topological polar surface area (TPSA) is 66.0 Å². The Morgan fingerprint density at radius 3 is 2.88 bits per heavy atom. The number of amides is 1. The molecule has 1 aliphatic carbocycles. The van der Waals surface area contributed by atoms with Crippen LogP contribution in [0, 0.1) is 11.8 Å². The molecular formula is C19H26N4OS2. The van der Waals surface area contributed by atoms with Gasteiger partial charge in [-0.2, -0.15) is 0 Å². The second kappa shape index (κ2) is 8.77. The second-order valence-electron chi connectivity index (χ2n) is 7.10. The van der Waals surface area contributed by atoms with Crippen LogP contribution < -0.4 is 16.2 Å². The highest BCUT2D eigenvalue weighted by molar-refractivity contribution is 7.80. The number of aromatic nitrogens is 1. The molecule has 1 aliphatic rings. The maximum Gasteiger partial charge on any atom is 0.238 e. The summed E-state index contributed by atoms with van der Waals surface area (Å²) in [7, 11) is 0. The fourth-order valence-electron chi connectivity index (χ4n) is 3.43. The van der Waals surface area contributed by atoms with Crippen molar-refractivity contribution >= 4 is 44.8 Å². The molecule has 26 heavy (non-hydrogen) atoms.